The van der Waals surface area contributed by atoms with Crippen LogP contribution in [0.25, 0.3) is 0 Å². The average Bonchev–Trinajstić information content (AvgIpc) is 1.98. The Morgan fingerprint density at radius 2 is 1.92 bits per heavy atom. The summed E-state index contributed by atoms with van der Waals surface area (Å²) in [7, 11) is -5.04. The third kappa shape index (κ3) is 2.18. The second-order valence-electron chi connectivity index (χ2n) is 2.11. The Hall–Kier alpha value is -0.200. The maximum absolute atomic E-state index is 13.0. The van der Waals surface area contributed by atoms with Gasteiger partial charge in [-0.2, -0.15) is 8.42 Å². The van der Waals surface area contributed by atoms with Crippen molar-refractivity contribution in [3.05, 3.63) is 27.4 Å². The lowest BCUT2D eigenvalue weighted by molar-refractivity contribution is 0.531. The van der Waals surface area contributed by atoms with Crippen LogP contribution in [0.15, 0.2) is 21.5 Å². The normalized spacial score (nSPS) is 11.7. The summed E-state index contributed by atoms with van der Waals surface area (Å²) >= 11 is 8.12. The molecule has 0 amide bonds. The monoisotopic (exact) mass is 290 g/mol. The van der Waals surface area contributed by atoms with E-state index in [2.05, 4.69) is 15.9 Å². The molecule has 0 saturated carbocycles. The van der Waals surface area contributed by atoms with Crippen LogP contribution in [0.2, 0.25) is 5.02 Å². The van der Waals surface area contributed by atoms with Gasteiger partial charge in [0.2, 0.25) is 0 Å². The Labute approximate surface area is 86.9 Å². The van der Waals surface area contributed by atoms with Crippen LogP contribution in [0, 0.1) is 5.82 Å². The van der Waals surface area contributed by atoms with E-state index in [0.717, 1.165) is 12.1 Å². The standard InChI is InChI=1S/C6H2BrClF2O2S/c7-5-3(8)1-2-4(6(5)9)13(10,11)12/h1-2H. The molecule has 1 aromatic carbocycles. The molecule has 0 saturated heterocycles. The van der Waals surface area contributed by atoms with Gasteiger partial charge in [0, 0.05) is 0 Å². The lowest BCUT2D eigenvalue weighted by Gasteiger charge is -2.01. The van der Waals surface area contributed by atoms with Gasteiger partial charge in [0.25, 0.3) is 0 Å². The maximum atomic E-state index is 13.0. The van der Waals surface area contributed by atoms with Crippen molar-refractivity contribution >= 4 is 37.8 Å². The largest absolute Gasteiger partial charge is 0.335 e. The molecule has 0 fully saturated rings. The van der Waals surface area contributed by atoms with Gasteiger partial charge in [0.1, 0.15) is 4.90 Å². The Morgan fingerprint density at radius 3 is 2.38 bits per heavy atom. The summed E-state index contributed by atoms with van der Waals surface area (Å²) in [5.41, 5.74) is 0. The van der Waals surface area contributed by atoms with Crippen LogP contribution < -0.4 is 0 Å². The molecule has 0 radical (unpaired) electrons. The highest BCUT2D eigenvalue weighted by Gasteiger charge is 2.20. The first-order chi connectivity index (χ1) is 5.84. The van der Waals surface area contributed by atoms with Gasteiger partial charge in [-0.1, -0.05) is 11.6 Å². The first-order valence-corrected chi connectivity index (χ1v) is 5.47. The van der Waals surface area contributed by atoms with Gasteiger partial charge in [-0.25, -0.2) is 4.39 Å². The fraction of sp³-hybridized carbons (Fsp3) is 0. The number of hydrogen-bond acceptors (Lipinski definition) is 2. The summed E-state index contributed by atoms with van der Waals surface area (Å²) in [6.45, 7) is 0. The van der Waals surface area contributed by atoms with E-state index in [-0.39, 0.29) is 9.50 Å². The molecule has 1 rings (SSSR count). The molecular weight excluding hydrogens is 289 g/mol. The lowest BCUT2D eigenvalue weighted by atomic mass is 10.3. The zero-order chi connectivity index (χ0) is 10.2. The minimum Gasteiger partial charge on any atom is -0.204 e. The van der Waals surface area contributed by atoms with Crippen LogP contribution in [0.5, 0.6) is 0 Å². The van der Waals surface area contributed by atoms with Crippen LogP contribution >= 0.6 is 27.5 Å². The Kier molecular flexibility index (Phi) is 2.94. The number of hydrogen-bond donors (Lipinski definition) is 0. The van der Waals surface area contributed by atoms with E-state index < -0.39 is 20.9 Å². The zero-order valence-corrected chi connectivity index (χ0v) is 9.05. The Bertz CT molecular complexity index is 446. The van der Waals surface area contributed by atoms with Gasteiger partial charge in [0.15, 0.2) is 5.82 Å². The minimum absolute atomic E-state index is 0.0232. The van der Waals surface area contributed by atoms with Gasteiger partial charge in [-0.05, 0) is 28.1 Å². The van der Waals surface area contributed by atoms with Crippen molar-refractivity contribution in [2.75, 3.05) is 0 Å². The van der Waals surface area contributed by atoms with Crippen molar-refractivity contribution in [3.63, 3.8) is 0 Å². The maximum Gasteiger partial charge on any atom is 0.335 e. The molecule has 0 aliphatic rings. The number of rotatable bonds is 1. The molecule has 0 unspecified atom stereocenters. The summed E-state index contributed by atoms with van der Waals surface area (Å²) in [5, 5.41) is -0.0232. The molecule has 0 aliphatic carbocycles. The van der Waals surface area contributed by atoms with E-state index in [1.165, 1.54) is 0 Å². The highest BCUT2D eigenvalue weighted by Crippen LogP contribution is 2.30. The molecule has 0 aliphatic heterocycles. The minimum atomic E-state index is -5.04. The van der Waals surface area contributed by atoms with Crippen molar-refractivity contribution in [1.29, 1.82) is 0 Å². The summed E-state index contributed by atoms with van der Waals surface area (Å²) < 4.78 is 45.8. The Balaban J connectivity index is 3.53. The zero-order valence-electron chi connectivity index (χ0n) is 5.89. The van der Waals surface area contributed by atoms with Gasteiger partial charge in [-0.3, -0.25) is 0 Å². The van der Waals surface area contributed by atoms with Crippen LogP contribution in [0.1, 0.15) is 0 Å². The van der Waals surface area contributed by atoms with E-state index in [9.17, 15) is 16.7 Å². The highest BCUT2D eigenvalue weighted by atomic mass is 79.9. The van der Waals surface area contributed by atoms with E-state index >= 15 is 0 Å². The summed E-state index contributed by atoms with van der Waals surface area (Å²) in [6, 6.07) is 1.85. The van der Waals surface area contributed by atoms with E-state index in [0.29, 0.717) is 0 Å². The van der Waals surface area contributed by atoms with Crippen LogP contribution in [0.4, 0.5) is 8.28 Å². The highest BCUT2D eigenvalue weighted by molar-refractivity contribution is 9.10. The van der Waals surface area contributed by atoms with Gasteiger partial charge in [-0.15, -0.1) is 3.89 Å². The molecular formula is C6H2BrClF2O2S. The Morgan fingerprint density at radius 1 is 1.38 bits per heavy atom. The fourth-order valence-electron chi connectivity index (χ4n) is 0.696. The first kappa shape index (κ1) is 10.9. The molecule has 0 spiro atoms. The van der Waals surface area contributed by atoms with Gasteiger partial charge < -0.3 is 0 Å². The lowest BCUT2D eigenvalue weighted by Crippen LogP contribution is -1.97. The fourth-order valence-corrected chi connectivity index (χ4v) is 1.87. The summed E-state index contributed by atoms with van der Waals surface area (Å²) in [4.78, 5) is -1.02. The predicted octanol–water partition coefficient (Wildman–Crippen LogP) is 2.90. The average molecular weight is 292 g/mol. The van der Waals surface area contributed by atoms with Crippen molar-refractivity contribution in [3.8, 4) is 0 Å². The summed E-state index contributed by atoms with van der Waals surface area (Å²) in [6.07, 6.45) is 0. The second kappa shape index (κ2) is 3.51. The van der Waals surface area contributed by atoms with Crippen molar-refractivity contribution < 1.29 is 16.7 Å². The van der Waals surface area contributed by atoms with Crippen LogP contribution in [-0.2, 0) is 10.2 Å². The van der Waals surface area contributed by atoms with Crippen molar-refractivity contribution in [2.45, 2.75) is 4.90 Å². The van der Waals surface area contributed by atoms with Gasteiger partial charge in [0.05, 0.1) is 9.50 Å². The van der Waals surface area contributed by atoms with Crippen LogP contribution in [-0.4, -0.2) is 8.42 Å². The SMILES string of the molecule is O=S(=O)(F)c1ccc(Cl)c(Br)c1F. The molecule has 0 aromatic heterocycles. The smallest absolute Gasteiger partial charge is 0.204 e. The molecule has 0 heterocycles. The molecule has 13 heavy (non-hydrogen) atoms. The van der Waals surface area contributed by atoms with E-state index in [4.69, 9.17) is 11.6 Å². The van der Waals surface area contributed by atoms with E-state index in [1.54, 1.807) is 0 Å². The summed E-state index contributed by atoms with van der Waals surface area (Å²) in [5.74, 6) is -1.23. The molecule has 2 nitrogen and oxygen atoms in total. The number of benzene rings is 1. The second-order valence-corrected chi connectivity index (χ2v) is 4.63. The predicted molar refractivity (Wildman–Crippen MR) is 47.4 cm³/mol. The molecule has 7 heteroatoms. The van der Waals surface area contributed by atoms with Crippen molar-refractivity contribution in [1.82, 2.24) is 0 Å². The molecule has 0 N–H and O–H groups in total. The van der Waals surface area contributed by atoms with E-state index in [1.807, 2.05) is 0 Å². The molecule has 1 aromatic rings. The quantitative estimate of drug-likeness (QED) is 0.589. The first-order valence-electron chi connectivity index (χ1n) is 2.92. The third-order valence-electron chi connectivity index (χ3n) is 1.26. The van der Waals surface area contributed by atoms with Crippen LogP contribution in [0.3, 0.4) is 0 Å². The molecule has 0 bridgehead atoms. The molecule has 72 valence electrons. The third-order valence-corrected chi connectivity index (χ3v) is 3.42. The number of halogens is 4. The van der Waals surface area contributed by atoms with Crippen molar-refractivity contribution in [2.24, 2.45) is 0 Å². The van der Waals surface area contributed by atoms with Gasteiger partial charge >= 0.3 is 10.2 Å². The topological polar surface area (TPSA) is 34.1 Å². The molecule has 0 atom stereocenters.